The number of carbonyl (C=O) groups is 1. The van der Waals surface area contributed by atoms with Gasteiger partial charge in [-0.15, -0.1) is 11.3 Å². The third kappa shape index (κ3) is 5.63. The molecule has 0 aliphatic carbocycles. The summed E-state index contributed by atoms with van der Waals surface area (Å²) in [6, 6.07) is 15.4. The van der Waals surface area contributed by atoms with Gasteiger partial charge in [0.25, 0.3) is 0 Å². The van der Waals surface area contributed by atoms with E-state index in [0.29, 0.717) is 46.9 Å². The van der Waals surface area contributed by atoms with Gasteiger partial charge in [0.15, 0.2) is 17.6 Å². The Labute approximate surface area is 268 Å². The molecule has 2 aliphatic heterocycles. The van der Waals surface area contributed by atoms with Crippen molar-refractivity contribution in [3.8, 4) is 23.3 Å². The quantitative estimate of drug-likeness (QED) is 0.213. The maximum absolute atomic E-state index is 14.8. The fraction of sp³-hybridized carbons (Fsp3) is 0.294. The summed E-state index contributed by atoms with van der Waals surface area (Å²) in [5.74, 6) is 1.25. The number of hydrogen-bond donors (Lipinski definition) is 1. The van der Waals surface area contributed by atoms with Crippen LogP contribution in [0.3, 0.4) is 0 Å². The highest BCUT2D eigenvalue weighted by Gasteiger charge is 2.31. The van der Waals surface area contributed by atoms with Crippen LogP contribution in [0, 0.1) is 17.1 Å². The van der Waals surface area contributed by atoms with Crippen molar-refractivity contribution in [2.24, 2.45) is 0 Å². The molecular formula is C34H30FN5O5S. The number of fused-ring (bicyclic) bond motifs is 2. The fourth-order valence-electron chi connectivity index (χ4n) is 6.34. The van der Waals surface area contributed by atoms with Gasteiger partial charge in [-0.3, -0.25) is 9.88 Å². The number of aromatic nitrogens is 3. The first kappa shape index (κ1) is 29.7. The van der Waals surface area contributed by atoms with E-state index in [2.05, 4.69) is 20.5 Å². The molecule has 1 saturated heterocycles. The summed E-state index contributed by atoms with van der Waals surface area (Å²) in [6.07, 6.45) is 2.94. The van der Waals surface area contributed by atoms with Crippen LogP contribution in [0.1, 0.15) is 62.6 Å². The number of rotatable bonds is 8. The van der Waals surface area contributed by atoms with Gasteiger partial charge < -0.3 is 23.9 Å². The van der Waals surface area contributed by atoms with Crippen LogP contribution in [-0.4, -0.2) is 57.3 Å². The van der Waals surface area contributed by atoms with Crippen LogP contribution in [0.25, 0.3) is 11.0 Å². The van der Waals surface area contributed by atoms with Crippen molar-refractivity contribution in [3.63, 3.8) is 0 Å². The fourth-order valence-corrected chi connectivity index (χ4v) is 6.92. The summed E-state index contributed by atoms with van der Waals surface area (Å²) in [7, 11) is 1.52. The Morgan fingerprint density at radius 1 is 1.17 bits per heavy atom. The number of ether oxygens (including phenoxy) is 3. The second-order valence-electron chi connectivity index (χ2n) is 11.4. The standard InChI is InChI=1S/C34H30FN5O5S/c1-43-29-13-22(34(41)42)12-27-32(29)38-31(40(27)16-23-15-37-19-46-23)17-39-9-7-21(8-10-39)24-3-2-4-28-33(24)45-30(18-44-28)25-6-5-20(14-36)11-26(25)35/h2-6,11-13,15,19,21,30H,7-10,16-18H2,1H3,(H,41,42)/t30-/m0/s1. The molecule has 2 aliphatic rings. The Morgan fingerprint density at radius 3 is 2.74 bits per heavy atom. The van der Waals surface area contributed by atoms with Gasteiger partial charge in [-0.1, -0.05) is 18.2 Å². The van der Waals surface area contributed by atoms with E-state index < -0.39 is 17.9 Å². The minimum atomic E-state index is -1.03. The molecule has 2 aromatic heterocycles. The SMILES string of the molecule is COc1cc(C(=O)O)cc2c1nc(CN1CCC(c3cccc4c3O[C@H](c3ccc(C#N)cc3F)CO4)CC1)n2Cc1cncs1. The van der Waals surface area contributed by atoms with Gasteiger partial charge in [-0.25, -0.2) is 14.2 Å². The molecule has 1 N–H and O–H groups in total. The summed E-state index contributed by atoms with van der Waals surface area (Å²) < 4.78 is 34.9. The number of imidazole rings is 1. The maximum Gasteiger partial charge on any atom is 0.335 e. The number of carboxylic acids is 1. The molecule has 3 aromatic carbocycles. The van der Waals surface area contributed by atoms with Crippen LogP contribution in [0.2, 0.25) is 0 Å². The molecule has 7 rings (SSSR count). The number of para-hydroxylation sites is 1. The molecule has 0 amide bonds. The summed E-state index contributed by atoms with van der Waals surface area (Å²) in [4.78, 5) is 24.4. The normalized spacial score (nSPS) is 16.8. The lowest BCUT2D eigenvalue weighted by Gasteiger charge is -2.35. The second-order valence-corrected chi connectivity index (χ2v) is 12.4. The number of halogens is 1. The lowest BCUT2D eigenvalue weighted by Crippen LogP contribution is -2.34. The number of thiazole rings is 1. The Kier molecular flexibility index (Phi) is 8.02. The summed E-state index contributed by atoms with van der Waals surface area (Å²) in [5.41, 5.74) is 4.92. The van der Waals surface area contributed by atoms with Gasteiger partial charge in [0.1, 0.15) is 29.5 Å². The van der Waals surface area contributed by atoms with E-state index >= 15 is 0 Å². The molecule has 0 radical (unpaired) electrons. The van der Waals surface area contributed by atoms with Gasteiger partial charge in [0, 0.05) is 22.2 Å². The minimum absolute atomic E-state index is 0.142. The molecule has 12 heteroatoms. The zero-order chi connectivity index (χ0) is 31.8. The number of nitriles is 1. The zero-order valence-corrected chi connectivity index (χ0v) is 25.8. The molecule has 0 saturated carbocycles. The minimum Gasteiger partial charge on any atom is -0.494 e. The number of aromatic carboxylic acids is 1. The molecule has 234 valence electrons. The lowest BCUT2D eigenvalue weighted by molar-refractivity contribution is 0.0696. The molecule has 0 bridgehead atoms. The second kappa shape index (κ2) is 12.4. The van der Waals surface area contributed by atoms with Gasteiger partial charge in [0.05, 0.1) is 48.4 Å². The number of piperidine rings is 1. The van der Waals surface area contributed by atoms with Crippen molar-refractivity contribution >= 4 is 28.3 Å². The average Bonchev–Trinajstić information content (AvgIpc) is 3.72. The Balaban J connectivity index is 1.11. The van der Waals surface area contributed by atoms with E-state index in [1.165, 1.54) is 30.6 Å². The molecule has 0 spiro atoms. The van der Waals surface area contributed by atoms with Crippen LogP contribution in [-0.2, 0) is 13.1 Å². The van der Waals surface area contributed by atoms with E-state index in [9.17, 15) is 14.3 Å². The maximum atomic E-state index is 14.8. The topological polar surface area (TPSA) is 123 Å². The predicted octanol–water partition coefficient (Wildman–Crippen LogP) is 6.15. The predicted molar refractivity (Wildman–Crippen MR) is 168 cm³/mol. The first-order valence-corrected chi connectivity index (χ1v) is 15.8. The van der Waals surface area contributed by atoms with Crippen LogP contribution >= 0.6 is 11.3 Å². The average molecular weight is 640 g/mol. The molecule has 10 nitrogen and oxygen atoms in total. The highest BCUT2D eigenvalue weighted by Crippen LogP contribution is 2.45. The highest BCUT2D eigenvalue weighted by molar-refractivity contribution is 7.09. The van der Waals surface area contributed by atoms with Crippen LogP contribution < -0.4 is 14.2 Å². The van der Waals surface area contributed by atoms with Crippen LogP contribution in [0.4, 0.5) is 4.39 Å². The largest absolute Gasteiger partial charge is 0.494 e. The lowest BCUT2D eigenvalue weighted by atomic mass is 9.88. The van der Waals surface area contributed by atoms with Gasteiger partial charge in [-0.2, -0.15) is 5.26 Å². The molecule has 0 unspecified atom stereocenters. The van der Waals surface area contributed by atoms with Gasteiger partial charge in [-0.05, 0) is 62.2 Å². The van der Waals surface area contributed by atoms with Crippen molar-refractivity contribution in [2.45, 2.75) is 38.0 Å². The van der Waals surface area contributed by atoms with Crippen molar-refractivity contribution in [2.75, 3.05) is 26.8 Å². The van der Waals surface area contributed by atoms with Crippen molar-refractivity contribution < 1.29 is 28.5 Å². The molecule has 1 fully saturated rings. The molecule has 4 heterocycles. The number of hydrogen-bond acceptors (Lipinski definition) is 9. The third-order valence-corrected chi connectivity index (χ3v) is 9.46. The van der Waals surface area contributed by atoms with Crippen LogP contribution in [0.5, 0.6) is 17.2 Å². The first-order chi connectivity index (χ1) is 22.4. The number of methoxy groups -OCH3 is 1. The Morgan fingerprint density at radius 2 is 2.02 bits per heavy atom. The van der Waals surface area contributed by atoms with E-state index in [1.807, 2.05) is 24.4 Å². The number of benzene rings is 3. The molecule has 1 atom stereocenters. The van der Waals surface area contributed by atoms with E-state index in [-0.39, 0.29) is 23.7 Å². The van der Waals surface area contributed by atoms with E-state index in [1.54, 1.807) is 23.7 Å². The highest BCUT2D eigenvalue weighted by atomic mass is 32.1. The number of likely N-dealkylation sites (tertiary alicyclic amines) is 1. The monoisotopic (exact) mass is 639 g/mol. The Bertz CT molecular complexity index is 1960. The third-order valence-electron chi connectivity index (χ3n) is 8.69. The molecule has 46 heavy (non-hydrogen) atoms. The van der Waals surface area contributed by atoms with Crippen LogP contribution in [0.15, 0.2) is 60.2 Å². The number of nitrogens with zero attached hydrogens (tertiary/aromatic N) is 5. The van der Waals surface area contributed by atoms with Gasteiger partial charge >= 0.3 is 5.97 Å². The number of carboxylic acid groups (broad SMARTS) is 1. The smallest absolute Gasteiger partial charge is 0.335 e. The summed E-state index contributed by atoms with van der Waals surface area (Å²) in [6.45, 7) is 2.90. The Hall–Kier alpha value is -4.99. The van der Waals surface area contributed by atoms with Crippen molar-refractivity contribution in [1.82, 2.24) is 19.4 Å². The molecule has 5 aromatic rings. The molecular weight excluding hydrogens is 609 g/mol. The first-order valence-electron chi connectivity index (χ1n) is 14.9. The van der Waals surface area contributed by atoms with E-state index in [0.717, 1.165) is 42.2 Å². The summed E-state index contributed by atoms with van der Waals surface area (Å²) in [5, 5.41) is 18.8. The van der Waals surface area contributed by atoms with Gasteiger partial charge in [0.2, 0.25) is 0 Å². The zero-order valence-electron chi connectivity index (χ0n) is 25.0. The van der Waals surface area contributed by atoms with Crippen molar-refractivity contribution in [3.05, 3.63) is 99.0 Å². The van der Waals surface area contributed by atoms with Crippen molar-refractivity contribution in [1.29, 1.82) is 5.26 Å². The summed E-state index contributed by atoms with van der Waals surface area (Å²) >= 11 is 1.54. The van der Waals surface area contributed by atoms with E-state index in [4.69, 9.17) is 24.5 Å².